The fourth-order valence-electron chi connectivity index (χ4n) is 2.19. The van der Waals surface area contributed by atoms with Crippen molar-refractivity contribution in [1.82, 2.24) is 5.32 Å². The van der Waals surface area contributed by atoms with E-state index in [-0.39, 0.29) is 11.9 Å². The van der Waals surface area contributed by atoms with Gasteiger partial charge in [0.05, 0.1) is 4.88 Å². The van der Waals surface area contributed by atoms with Gasteiger partial charge in [-0.2, -0.15) is 0 Å². The van der Waals surface area contributed by atoms with Crippen LogP contribution in [0.5, 0.6) is 0 Å². The van der Waals surface area contributed by atoms with Gasteiger partial charge in [-0.15, -0.1) is 22.9 Å². The number of amides is 1. The van der Waals surface area contributed by atoms with Gasteiger partial charge >= 0.3 is 0 Å². The highest BCUT2D eigenvalue weighted by molar-refractivity contribution is 7.14. The molecule has 0 saturated carbocycles. The number of hydrogen-bond donors (Lipinski definition) is 1. The number of nitrogens with one attached hydrogen (secondary N) is 1. The van der Waals surface area contributed by atoms with Crippen molar-refractivity contribution >= 4 is 28.8 Å². The summed E-state index contributed by atoms with van der Waals surface area (Å²) in [7, 11) is 0. The van der Waals surface area contributed by atoms with Gasteiger partial charge in [-0.3, -0.25) is 4.79 Å². The third-order valence-electron chi connectivity index (χ3n) is 3.12. The number of halogens is 1. The molecule has 1 unspecified atom stereocenters. The van der Waals surface area contributed by atoms with Crippen LogP contribution in [0.4, 0.5) is 0 Å². The van der Waals surface area contributed by atoms with Crippen molar-refractivity contribution in [2.75, 3.05) is 5.88 Å². The summed E-state index contributed by atoms with van der Waals surface area (Å²) in [5.74, 6) is 0.736. The third-order valence-corrected chi connectivity index (χ3v) is 4.62. The highest BCUT2D eigenvalue weighted by Crippen LogP contribution is 2.30. The van der Waals surface area contributed by atoms with Gasteiger partial charge in [-0.1, -0.05) is 0 Å². The lowest BCUT2D eigenvalue weighted by molar-refractivity contribution is 0.0942. The number of aryl methyl sites for hydroxylation is 2. The predicted molar refractivity (Wildman–Crippen MR) is 73.2 cm³/mol. The van der Waals surface area contributed by atoms with Gasteiger partial charge in [0, 0.05) is 16.8 Å². The molecule has 1 aromatic heterocycles. The van der Waals surface area contributed by atoms with Gasteiger partial charge in [0.15, 0.2) is 0 Å². The zero-order valence-electron chi connectivity index (χ0n) is 10.1. The molecule has 1 amide bonds. The van der Waals surface area contributed by atoms with Crippen molar-refractivity contribution in [3.05, 3.63) is 21.4 Å². The summed E-state index contributed by atoms with van der Waals surface area (Å²) in [4.78, 5) is 14.3. The first-order valence-electron chi connectivity index (χ1n) is 6.19. The molecule has 0 spiro atoms. The molecule has 1 aromatic rings. The van der Waals surface area contributed by atoms with E-state index in [9.17, 15) is 4.79 Å². The molecule has 0 aliphatic heterocycles. The largest absolute Gasteiger partial charge is 0.349 e. The van der Waals surface area contributed by atoms with Gasteiger partial charge in [-0.25, -0.2) is 0 Å². The molecule has 0 bridgehead atoms. The lowest BCUT2D eigenvalue weighted by atomic mass is 10.2. The standard InChI is InChI=1S/C13H18ClNOS/c1-9(4-3-7-14)15-13(16)12-8-10-5-2-6-11(10)17-12/h8-9H,2-7H2,1H3,(H,15,16). The minimum atomic E-state index is 0.0754. The van der Waals surface area contributed by atoms with Crippen LogP contribution in [0.15, 0.2) is 6.07 Å². The number of hydrogen-bond acceptors (Lipinski definition) is 2. The van der Waals surface area contributed by atoms with Gasteiger partial charge < -0.3 is 5.32 Å². The van der Waals surface area contributed by atoms with Crippen LogP contribution in [-0.2, 0) is 12.8 Å². The summed E-state index contributed by atoms with van der Waals surface area (Å²) in [6.07, 6.45) is 5.43. The van der Waals surface area contributed by atoms with E-state index in [1.54, 1.807) is 11.3 Å². The summed E-state index contributed by atoms with van der Waals surface area (Å²) >= 11 is 7.30. The van der Waals surface area contributed by atoms with Gasteiger partial charge in [0.2, 0.25) is 0 Å². The second kappa shape index (κ2) is 5.87. The zero-order valence-corrected chi connectivity index (χ0v) is 11.7. The molecule has 2 rings (SSSR count). The van der Waals surface area contributed by atoms with E-state index in [1.165, 1.54) is 16.9 Å². The Morgan fingerprint density at radius 2 is 2.41 bits per heavy atom. The van der Waals surface area contributed by atoms with Crippen LogP contribution in [0.25, 0.3) is 0 Å². The SMILES string of the molecule is CC(CCCCl)NC(=O)c1cc2c(s1)CCC2. The van der Waals surface area contributed by atoms with Crippen LogP contribution in [0.2, 0.25) is 0 Å². The molecule has 1 heterocycles. The maximum Gasteiger partial charge on any atom is 0.261 e. The Bertz CT molecular complexity index is 381. The third kappa shape index (κ3) is 3.23. The molecule has 1 N–H and O–H groups in total. The van der Waals surface area contributed by atoms with Crippen LogP contribution < -0.4 is 5.32 Å². The van der Waals surface area contributed by atoms with Crippen molar-refractivity contribution in [2.24, 2.45) is 0 Å². The highest BCUT2D eigenvalue weighted by atomic mass is 35.5. The van der Waals surface area contributed by atoms with Gasteiger partial charge in [0.25, 0.3) is 5.91 Å². The second-order valence-electron chi connectivity index (χ2n) is 4.62. The van der Waals surface area contributed by atoms with Crippen molar-refractivity contribution < 1.29 is 4.79 Å². The summed E-state index contributed by atoms with van der Waals surface area (Å²) in [5.41, 5.74) is 1.38. The molecule has 17 heavy (non-hydrogen) atoms. The van der Waals surface area contributed by atoms with E-state index >= 15 is 0 Å². The van der Waals surface area contributed by atoms with Gasteiger partial charge in [0.1, 0.15) is 0 Å². The molecule has 4 heteroatoms. The number of rotatable bonds is 5. The van der Waals surface area contributed by atoms with Gasteiger partial charge in [-0.05, 0) is 50.7 Å². The second-order valence-corrected chi connectivity index (χ2v) is 6.13. The Balaban J connectivity index is 1.90. The first-order chi connectivity index (χ1) is 8.20. The molecular formula is C13H18ClNOS. The van der Waals surface area contributed by atoms with E-state index < -0.39 is 0 Å². The summed E-state index contributed by atoms with van der Waals surface area (Å²) in [6.45, 7) is 2.03. The van der Waals surface area contributed by atoms with Crippen LogP contribution in [0, 0.1) is 0 Å². The first-order valence-corrected chi connectivity index (χ1v) is 7.54. The molecular weight excluding hydrogens is 254 g/mol. The van der Waals surface area contributed by atoms with Crippen molar-refractivity contribution in [2.45, 2.75) is 45.1 Å². The minimum Gasteiger partial charge on any atom is -0.349 e. The quantitative estimate of drug-likeness (QED) is 0.818. The zero-order chi connectivity index (χ0) is 12.3. The van der Waals surface area contributed by atoms with Crippen LogP contribution in [0.3, 0.4) is 0 Å². The Hall–Kier alpha value is -0.540. The molecule has 0 aromatic carbocycles. The average molecular weight is 272 g/mol. The summed E-state index contributed by atoms with van der Waals surface area (Å²) in [5, 5.41) is 3.03. The Labute approximate surface area is 111 Å². The highest BCUT2D eigenvalue weighted by Gasteiger charge is 2.19. The number of fused-ring (bicyclic) bond motifs is 1. The summed E-state index contributed by atoms with van der Waals surface area (Å²) in [6, 6.07) is 2.27. The molecule has 1 atom stereocenters. The molecule has 1 aliphatic carbocycles. The maximum absolute atomic E-state index is 12.0. The Morgan fingerprint density at radius 1 is 1.59 bits per heavy atom. The Kier molecular flexibility index (Phi) is 4.46. The van der Waals surface area contributed by atoms with Crippen LogP contribution in [0.1, 0.15) is 46.3 Å². The fraction of sp³-hybridized carbons (Fsp3) is 0.615. The van der Waals surface area contributed by atoms with E-state index in [0.717, 1.165) is 30.6 Å². The molecule has 0 radical (unpaired) electrons. The summed E-state index contributed by atoms with van der Waals surface area (Å²) < 4.78 is 0. The molecule has 94 valence electrons. The first kappa shape index (κ1) is 12.9. The topological polar surface area (TPSA) is 29.1 Å². The molecule has 0 saturated heterocycles. The number of thiophene rings is 1. The number of carbonyl (C=O) groups excluding carboxylic acids is 1. The van der Waals surface area contributed by atoms with E-state index in [1.807, 2.05) is 6.92 Å². The lowest BCUT2D eigenvalue weighted by Gasteiger charge is -2.12. The van der Waals surface area contributed by atoms with E-state index in [4.69, 9.17) is 11.6 Å². The van der Waals surface area contributed by atoms with Crippen molar-refractivity contribution in [3.8, 4) is 0 Å². The normalized spacial score (nSPS) is 15.6. The monoisotopic (exact) mass is 271 g/mol. The van der Waals surface area contributed by atoms with Crippen molar-refractivity contribution in [1.29, 1.82) is 0 Å². The van der Waals surface area contributed by atoms with E-state index in [2.05, 4.69) is 11.4 Å². The number of alkyl halides is 1. The molecule has 2 nitrogen and oxygen atoms in total. The van der Waals surface area contributed by atoms with Crippen LogP contribution >= 0.6 is 22.9 Å². The van der Waals surface area contributed by atoms with E-state index in [0.29, 0.717) is 5.88 Å². The fourth-order valence-corrected chi connectivity index (χ4v) is 3.50. The minimum absolute atomic E-state index is 0.0754. The smallest absolute Gasteiger partial charge is 0.261 e. The lowest BCUT2D eigenvalue weighted by Crippen LogP contribution is -2.32. The molecule has 0 fully saturated rings. The maximum atomic E-state index is 12.0. The predicted octanol–water partition coefficient (Wildman–Crippen LogP) is 3.37. The molecule has 1 aliphatic rings. The van der Waals surface area contributed by atoms with Crippen molar-refractivity contribution in [3.63, 3.8) is 0 Å². The average Bonchev–Trinajstić information content (AvgIpc) is 2.86. The van der Waals surface area contributed by atoms with Crippen LogP contribution in [-0.4, -0.2) is 17.8 Å². The number of carbonyl (C=O) groups is 1. The Morgan fingerprint density at radius 3 is 3.12 bits per heavy atom.